The van der Waals surface area contributed by atoms with E-state index in [-0.39, 0.29) is 5.96 Å². The van der Waals surface area contributed by atoms with Crippen LogP contribution in [-0.2, 0) is 19.1 Å². The third-order valence-electron chi connectivity index (χ3n) is 2.18. The van der Waals surface area contributed by atoms with Crippen LogP contribution in [0, 0.1) is 5.41 Å². The van der Waals surface area contributed by atoms with Gasteiger partial charge < -0.3 is 41.8 Å². The average Bonchev–Trinajstić information content (AvgIpc) is 2.64. The molecule has 0 saturated carbocycles. The molecule has 0 aromatic heterocycles. The Morgan fingerprint density at radius 1 is 0.733 bits per heavy atom. The second-order valence-corrected chi connectivity index (χ2v) is 9.35. The molecule has 2 fully saturated rings. The van der Waals surface area contributed by atoms with Gasteiger partial charge in [-0.3, -0.25) is 5.41 Å². The molecule has 0 aromatic rings. The lowest BCUT2D eigenvalue weighted by Crippen LogP contribution is -2.30. The third-order valence-corrected chi connectivity index (χ3v) is 3.15. The van der Waals surface area contributed by atoms with Crippen molar-refractivity contribution in [3.8, 4) is 0 Å². The molecular formula is C13H25Cl6N5O6. The molecule has 0 unspecified atom stereocenters. The highest BCUT2D eigenvalue weighted by Gasteiger charge is 2.30. The van der Waals surface area contributed by atoms with E-state index in [2.05, 4.69) is 22.1 Å². The number of rotatable bonds is 0. The van der Waals surface area contributed by atoms with E-state index in [0.717, 1.165) is 52.6 Å². The van der Waals surface area contributed by atoms with Crippen LogP contribution in [-0.4, -0.2) is 88.3 Å². The number of halogens is 6. The van der Waals surface area contributed by atoms with Gasteiger partial charge in [0.1, 0.15) is 0 Å². The highest BCUT2D eigenvalue weighted by atomic mass is 35.6. The van der Waals surface area contributed by atoms with Gasteiger partial charge in [0, 0.05) is 26.2 Å². The molecule has 2 rings (SSSR count). The van der Waals surface area contributed by atoms with Crippen molar-refractivity contribution in [1.82, 2.24) is 10.6 Å². The van der Waals surface area contributed by atoms with E-state index in [1.165, 1.54) is 0 Å². The van der Waals surface area contributed by atoms with Crippen molar-refractivity contribution in [2.45, 2.75) is 7.59 Å². The van der Waals surface area contributed by atoms with E-state index < -0.39 is 19.5 Å². The Kier molecular flexibility index (Phi) is 23.7. The number of aliphatic carboxylic acids is 2. The number of ether oxygens (including phenoxy) is 2. The molecule has 0 aromatic carbocycles. The van der Waals surface area contributed by atoms with Gasteiger partial charge in [-0.05, 0) is 0 Å². The van der Waals surface area contributed by atoms with Crippen molar-refractivity contribution < 1.29 is 29.3 Å². The van der Waals surface area contributed by atoms with Crippen molar-refractivity contribution in [1.29, 1.82) is 5.41 Å². The first-order valence-corrected chi connectivity index (χ1v) is 10.2. The van der Waals surface area contributed by atoms with Gasteiger partial charge in [0.2, 0.25) is 0 Å². The fourth-order valence-electron chi connectivity index (χ4n) is 1.03. The molecule has 17 heteroatoms. The standard InChI is InChI=1S/2C4H9NO.2C2HCl3O2.CH5N3/c2*1-3-6-4-2-5-1;2*3-2(4,5)1(6)7;2-1(3)4/h2*5H,1-4H2;2*(H,6,7);(H5,2,3,4). The molecule has 0 amide bonds. The zero-order chi connectivity index (χ0) is 24.2. The van der Waals surface area contributed by atoms with Gasteiger partial charge in [-0.2, -0.15) is 0 Å². The first-order valence-electron chi connectivity index (χ1n) is 7.89. The Hall–Kier alpha value is -0.210. The van der Waals surface area contributed by atoms with Gasteiger partial charge in [-0.1, -0.05) is 69.6 Å². The van der Waals surface area contributed by atoms with Crippen LogP contribution >= 0.6 is 69.6 Å². The number of guanidine groups is 1. The van der Waals surface area contributed by atoms with Crippen LogP contribution in [0.1, 0.15) is 0 Å². The van der Waals surface area contributed by atoms with Gasteiger partial charge in [0.25, 0.3) is 7.59 Å². The van der Waals surface area contributed by atoms with Crippen LogP contribution in [0.2, 0.25) is 0 Å². The lowest BCUT2D eigenvalue weighted by Gasteiger charge is -2.10. The predicted octanol–water partition coefficient (Wildman–Crippen LogP) is 0.933. The number of nitrogens with one attached hydrogen (secondary N) is 3. The molecule has 0 aliphatic carbocycles. The number of alkyl halides is 6. The van der Waals surface area contributed by atoms with Gasteiger partial charge in [0.15, 0.2) is 5.96 Å². The Morgan fingerprint density at radius 2 is 0.900 bits per heavy atom. The fraction of sp³-hybridized carbons (Fsp3) is 0.769. The average molecular weight is 560 g/mol. The minimum atomic E-state index is -2.17. The van der Waals surface area contributed by atoms with E-state index in [0.29, 0.717) is 0 Å². The van der Waals surface area contributed by atoms with E-state index in [4.69, 9.17) is 94.7 Å². The topological polar surface area (TPSA) is 193 Å². The van der Waals surface area contributed by atoms with E-state index in [1.807, 2.05) is 0 Å². The Morgan fingerprint density at radius 3 is 0.933 bits per heavy atom. The molecule has 0 spiro atoms. The molecule has 11 nitrogen and oxygen atoms in total. The molecule has 9 N–H and O–H groups in total. The number of morpholine rings is 2. The van der Waals surface area contributed by atoms with Crippen LogP contribution < -0.4 is 22.1 Å². The summed E-state index contributed by atoms with van der Waals surface area (Å²) < 4.78 is 5.68. The predicted molar refractivity (Wildman–Crippen MR) is 119 cm³/mol. The molecule has 30 heavy (non-hydrogen) atoms. The maximum absolute atomic E-state index is 9.62. The Balaban J connectivity index is -0.000000307. The smallest absolute Gasteiger partial charge is 0.356 e. The van der Waals surface area contributed by atoms with Gasteiger partial charge >= 0.3 is 11.9 Å². The largest absolute Gasteiger partial charge is 0.478 e. The lowest BCUT2D eigenvalue weighted by molar-refractivity contribution is -0.136. The summed E-state index contributed by atoms with van der Waals surface area (Å²) in [7, 11) is 0. The number of hydrogen-bond acceptors (Lipinski definition) is 7. The molecule has 180 valence electrons. The number of carboxylic acids is 2. The zero-order valence-corrected chi connectivity index (χ0v) is 20.1. The van der Waals surface area contributed by atoms with E-state index in [9.17, 15) is 9.59 Å². The van der Waals surface area contributed by atoms with Crippen LogP contribution in [0.3, 0.4) is 0 Å². The summed E-state index contributed by atoms with van der Waals surface area (Å²) in [5, 5.41) is 28.1. The molecule has 2 aliphatic rings. The Bertz CT molecular complexity index is 407. The molecule has 2 saturated heterocycles. The molecule has 2 heterocycles. The summed E-state index contributed by atoms with van der Waals surface area (Å²) in [6.45, 7) is 7.67. The summed E-state index contributed by atoms with van der Waals surface area (Å²) in [4.78, 5) is 19.2. The first-order chi connectivity index (χ1) is 13.6. The van der Waals surface area contributed by atoms with Crippen molar-refractivity contribution in [3.63, 3.8) is 0 Å². The fourth-order valence-corrected chi connectivity index (χ4v) is 1.03. The second-order valence-electron chi connectivity index (χ2n) is 4.79. The minimum Gasteiger partial charge on any atom is -0.478 e. The van der Waals surface area contributed by atoms with Crippen LogP contribution in [0.25, 0.3) is 0 Å². The summed E-state index contributed by atoms with van der Waals surface area (Å²) in [6, 6.07) is 0. The monoisotopic (exact) mass is 557 g/mol. The van der Waals surface area contributed by atoms with Crippen molar-refractivity contribution >= 4 is 87.5 Å². The molecular weight excluding hydrogens is 535 g/mol. The molecule has 2 aliphatic heterocycles. The van der Waals surface area contributed by atoms with Gasteiger partial charge in [-0.15, -0.1) is 0 Å². The number of hydrogen-bond donors (Lipinski definition) is 7. The summed E-state index contributed by atoms with van der Waals surface area (Å²) in [6.07, 6.45) is 0. The lowest BCUT2D eigenvalue weighted by atomic mass is 10.5. The quantitative estimate of drug-likeness (QED) is 0.127. The van der Waals surface area contributed by atoms with Crippen LogP contribution in [0.15, 0.2) is 0 Å². The van der Waals surface area contributed by atoms with Gasteiger partial charge in [0.05, 0.1) is 26.4 Å². The SMILES string of the molecule is C1COCCN1.C1COCCN1.N=C(N)N.O=C(O)C(Cl)(Cl)Cl.O=C(O)C(Cl)(Cl)Cl. The maximum Gasteiger partial charge on any atom is 0.356 e. The molecule has 0 radical (unpaired) electrons. The molecule has 0 bridgehead atoms. The van der Waals surface area contributed by atoms with Crippen molar-refractivity contribution in [3.05, 3.63) is 0 Å². The van der Waals surface area contributed by atoms with Crippen LogP contribution in [0.4, 0.5) is 0 Å². The van der Waals surface area contributed by atoms with Gasteiger partial charge in [-0.25, -0.2) is 9.59 Å². The third kappa shape index (κ3) is 35.2. The van der Waals surface area contributed by atoms with Crippen molar-refractivity contribution in [2.24, 2.45) is 11.5 Å². The van der Waals surface area contributed by atoms with Crippen molar-refractivity contribution in [2.75, 3.05) is 52.6 Å². The Labute approximate surface area is 204 Å². The summed E-state index contributed by atoms with van der Waals surface area (Å²) >= 11 is 28.8. The highest BCUT2D eigenvalue weighted by Crippen LogP contribution is 2.25. The number of nitrogens with two attached hydrogens (primary N) is 2. The first kappa shape index (κ1) is 34.4. The highest BCUT2D eigenvalue weighted by molar-refractivity contribution is 6.76. The number of carboxylic acid groups (broad SMARTS) is 2. The maximum atomic E-state index is 9.62. The number of carbonyl (C=O) groups is 2. The second kappa shape index (κ2) is 20.7. The van der Waals surface area contributed by atoms with E-state index in [1.54, 1.807) is 0 Å². The minimum absolute atomic E-state index is 0.333. The summed E-state index contributed by atoms with van der Waals surface area (Å²) in [5.74, 6) is -3.25. The van der Waals surface area contributed by atoms with E-state index >= 15 is 0 Å². The van der Waals surface area contributed by atoms with Crippen LogP contribution in [0.5, 0.6) is 0 Å². The molecule has 0 atom stereocenters. The zero-order valence-electron chi connectivity index (χ0n) is 15.6. The normalized spacial score (nSPS) is 15.7. The summed E-state index contributed by atoms with van der Waals surface area (Å²) in [5.41, 5.74) is 8.94.